The zero-order valence-electron chi connectivity index (χ0n) is 9.10. The number of benzene rings is 1. The molecular weight excluding hydrogens is 222 g/mol. The molecule has 0 N–H and O–H groups in total. The summed E-state index contributed by atoms with van der Waals surface area (Å²) in [4.78, 5) is 0. The van der Waals surface area contributed by atoms with Crippen LogP contribution in [0.15, 0.2) is 18.2 Å². The lowest BCUT2D eigenvalue weighted by atomic mass is 10.2. The molecule has 2 rings (SSSR count). The Labute approximate surface area is 99.4 Å². The molecule has 1 aliphatic heterocycles. The van der Waals surface area contributed by atoms with Crippen LogP contribution in [0.5, 0.6) is 11.5 Å². The minimum Gasteiger partial charge on any atom is -0.492 e. The maximum Gasteiger partial charge on any atom is 0.178 e. The van der Waals surface area contributed by atoms with Crippen LogP contribution in [0.2, 0.25) is 0 Å². The number of thioether (sulfide) groups is 1. The van der Waals surface area contributed by atoms with Gasteiger partial charge in [-0.05, 0) is 24.3 Å². The normalized spacial score (nSPS) is 19.1. The predicted octanol–water partition coefficient (Wildman–Crippen LogP) is 2.45. The van der Waals surface area contributed by atoms with E-state index >= 15 is 0 Å². The van der Waals surface area contributed by atoms with Crippen molar-refractivity contribution in [2.75, 3.05) is 18.6 Å². The first-order valence-electron chi connectivity index (χ1n) is 5.16. The van der Waals surface area contributed by atoms with E-state index in [9.17, 15) is 0 Å². The van der Waals surface area contributed by atoms with Gasteiger partial charge < -0.3 is 9.47 Å². The molecule has 0 aromatic heterocycles. The van der Waals surface area contributed by atoms with Gasteiger partial charge in [-0.1, -0.05) is 6.07 Å². The monoisotopic (exact) mass is 235 g/mol. The van der Waals surface area contributed by atoms with E-state index in [-0.39, 0.29) is 6.10 Å². The van der Waals surface area contributed by atoms with Crippen molar-refractivity contribution in [3.8, 4) is 17.6 Å². The summed E-state index contributed by atoms with van der Waals surface area (Å²) in [5, 5.41) is 8.95. The quantitative estimate of drug-likeness (QED) is 0.807. The number of ether oxygens (including phenoxy) is 2. The number of hydrogen-bond donors (Lipinski definition) is 0. The second-order valence-electron chi connectivity index (χ2n) is 3.55. The van der Waals surface area contributed by atoms with Gasteiger partial charge in [-0.25, -0.2) is 0 Å². The molecule has 1 atom stereocenters. The van der Waals surface area contributed by atoms with Crippen LogP contribution in [0.1, 0.15) is 12.0 Å². The van der Waals surface area contributed by atoms with E-state index in [1.165, 1.54) is 0 Å². The first kappa shape index (κ1) is 11.2. The van der Waals surface area contributed by atoms with Gasteiger partial charge in [-0.15, -0.1) is 0 Å². The molecule has 0 spiro atoms. The Kier molecular flexibility index (Phi) is 3.58. The van der Waals surface area contributed by atoms with Crippen LogP contribution in [-0.4, -0.2) is 24.7 Å². The fourth-order valence-corrected chi connectivity index (χ4v) is 2.79. The highest BCUT2D eigenvalue weighted by atomic mass is 32.2. The molecule has 3 nitrogen and oxygen atoms in total. The second-order valence-corrected chi connectivity index (χ2v) is 4.70. The molecule has 0 bridgehead atoms. The lowest BCUT2D eigenvalue weighted by Gasteiger charge is -2.15. The van der Waals surface area contributed by atoms with Crippen molar-refractivity contribution in [1.29, 1.82) is 5.26 Å². The van der Waals surface area contributed by atoms with E-state index in [4.69, 9.17) is 14.7 Å². The summed E-state index contributed by atoms with van der Waals surface area (Å²) in [7, 11) is 1.56. The van der Waals surface area contributed by atoms with Crippen LogP contribution in [-0.2, 0) is 0 Å². The number of rotatable bonds is 3. The Hall–Kier alpha value is -1.34. The van der Waals surface area contributed by atoms with Crippen molar-refractivity contribution in [2.45, 2.75) is 12.5 Å². The van der Waals surface area contributed by atoms with Crippen molar-refractivity contribution >= 4 is 11.8 Å². The van der Waals surface area contributed by atoms with Crippen molar-refractivity contribution in [1.82, 2.24) is 0 Å². The van der Waals surface area contributed by atoms with Gasteiger partial charge in [-0.2, -0.15) is 17.0 Å². The second kappa shape index (κ2) is 5.13. The molecule has 1 unspecified atom stereocenters. The lowest BCUT2D eigenvalue weighted by Crippen LogP contribution is -2.15. The third-order valence-corrected chi connectivity index (χ3v) is 3.62. The van der Waals surface area contributed by atoms with E-state index in [0.717, 1.165) is 17.9 Å². The molecule has 1 aromatic carbocycles. The molecule has 1 aliphatic rings. The SMILES string of the molecule is COc1c(C#N)cccc1OC1CCSC1. The molecule has 0 amide bonds. The predicted molar refractivity (Wildman–Crippen MR) is 64.1 cm³/mol. The average molecular weight is 235 g/mol. The van der Waals surface area contributed by atoms with Gasteiger partial charge in [0.2, 0.25) is 0 Å². The van der Waals surface area contributed by atoms with Crippen LogP contribution in [0.4, 0.5) is 0 Å². The zero-order valence-corrected chi connectivity index (χ0v) is 9.92. The molecule has 0 saturated carbocycles. The fourth-order valence-electron chi connectivity index (χ4n) is 1.69. The molecule has 1 fully saturated rings. The summed E-state index contributed by atoms with van der Waals surface area (Å²) < 4.78 is 11.1. The van der Waals surface area contributed by atoms with Crippen molar-refractivity contribution < 1.29 is 9.47 Å². The maximum absolute atomic E-state index is 8.95. The van der Waals surface area contributed by atoms with Crippen molar-refractivity contribution in [3.63, 3.8) is 0 Å². The van der Waals surface area contributed by atoms with E-state index in [0.29, 0.717) is 17.1 Å². The Morgan fingerprint density at radius 2 is 2.38 bits per heavy atom. The Morgan fingerprint density at radius 3 is 3.00 bits per heavy atom. The number of methoxy groups -OCH3 is 1. The molecule has 16 heavy (non-hydrogen) atoms. The Morgan fingerprint density at radius 1 is 1.50 bits per heavy atom. The minimum absolute atomic E-state index is 0.243. The van der Waals surface area contributed by atoms with Crippen LogP contribution in [0, 0.1) is 11.3 Å². The third kappa shape index (κ3) is 2.25. The van der Waals surface area contributed by atoms with Crippen molar-refractivity contribution in [2.24, 2.45) is 0 Å². The van der Waals surface area contributed by atoms with E-state index in [1.807, 2.05) is 23.9 Å². The highest BCUT2D eigenvalue weighted by Gasteiger charge is 2.19. The van der Waals surface area contributed by atoms with E-state index in [2.05, 4.69) is 6.07 Å². The van der Waals surface area contributed by atoms with Gasteiger partial charge in [0, 0.05) is 5.75 Å². The summed E-state index contributed by atoms with van der Waals surface area (Å²) in [6, 6.07) is 7.50. The van der Waals surface area contributed by atoms with E-state index in [1.54, 1.807) is 13.2 Å². The van der Waals surface area contributed by atoms with Crippen LogP contribution in [0.25, 0.3) is 0 Å². The van der Waals surface area contributed by atoms with Gasteiger partial charge in [-0.3, -0.25) is 0 Å². The van der Waals surface area contributed by atoms with Gasteiger partial charge in [0.05, 0.1) is 12.7 Å². The maximum atomic E-state index is 8.95. The summed E-state index contributed by atoms with van der Waals surface area (Å²) in [6.45, 7) is 0. The molecule has 0 radical (unpaired) electrons. The van der Waals surface area contributed by atoms with Crippen LogP contribution < -0.4 is 9.47 Å². The van der Waals surface area contributed by atoms with Gasteiger partial charge in [0.25, 0.3) is 0 Å². The Balaban J connectivity index is 2.22. The highest BCUT2D eigenvalue weighted by molar-refractivity contribution is 7.99. The van der Waals surface area contributed by atoms with Crippen LogP contribution in [0.3, 0.4) is 0 Å². The summed E-state index contributed by atoms with van der Waals surface area (Å²) in [6.07, 6.45) is 1.30. The van der Waals surface area contributed by atoms with Crippen molar-refractivity contribution in [3.05, 3.63) is 23.8 Å². The largest absolute Gasteiger partial charge is 0.492 e. The average Bonchev–Trinajstić information content (AvgIpc) is 2.81. The first-order valence-corrected chi connectivity index (χ1v) is 6.32. The number of hydrogen-bond acceptors (Lipinski definition) is 4. The summed E-state index contributed by atoms with van der Waals surface area (Å²) in [5.74, 6) is 3.38. The number of nitrogens with zero attached hydrogens (tertiary/aromatic N) is 1. The molecule has 84 valence electrons. The highest BCUT2D eigenvalue weighted by Crippen LogP contribution is 2.33. The third-order valence-electron chi connectivity index (χ3n) is 2.49. The topological polar surface area (TPSA) is 42.2 Å². The van der Waals surface area contributed by atoms with Crippen LogP contribution >= 0.6 is 11.8 Å². The molecule has 1 aromatic rings. The lowest BCUT2D eigenvalue weighted by molar-refractivity contribution is 0.218. The molecule has 1 saturated heterocycles. The minimum atomic E-state index is 0.243. The number of nitriles is 1. The Bertz CT molecular complexity index is 408. The van der Waals surface area contributed by atoms with Gasteiger partial charge in [0.1, 0.15) is 12.2 Å². The first-order chi connectivity index (χ1) is 7.85. The molecular formula is C12H13NO2S. The molecule has 4 heteroatoms. The standard InChI is InChI=1S/C12H13NO2S/c1-14-12-9(7-13)3-2-4-11(12)15-10-5-6-16-8-10/h2-4,10H,5-6,8H2,1H3. The smallest absolute Gasteiger partial charge is 0.178 e. The number of para-hydroxylation sites is 1. The summed E-state index contributed by atoms with van der Waals surface area (Å²) in [5.41, 5.74) is 0.519. The molecule has 1 heterocycles. The van der Waals surface area contributed by atoms with Gasteiger partial charge >= 0.3 is 0 Å². The van der Waals surface area contributed by atoms with E-state index < -0.39 is 0 Å². The fraction of sp³-hybridized carbons (Fsp3) is 0.417. The zero-order chi connectivity index (χ0) is 11.4. The van der Waals surface area contributed by atoms with Gasteiger partial charge in [0.15, 0.2) is 11.5 Å². The summed E-state index contributed by atoms with van der Waals surface area (Å²) >= 11 is 1.89. The molecule has 0 aliphatic carbocycles.